The molecule has 1 aromatic heterocycles. The molecular weight excluding hydrogens is 232 g/mol. The predicted octanol–water partition coefficient (Wildman–Crippen LogP) is 3.59. The molecular formula is C14H15ClN2. The van der Waals surface area contributed by atoms with Gasteiger partial charge in [0, 0.05) is 25.0 Å². The topological polar surface area (TPSA) is 24.9 Å². The Morgan fingerprint density at radius 2 is 2.00 bits per heavy atom. The lowest BCUT2D eigenvalue weighted by molar-refractivity contribution is 0.574. The number of hydrogen-bond donors (Lipinski definition) is 1. The Kier molecular flexibility index (Phi) is 4.13. The van der Waals surface area contributed by atoms with Gasteiger partial charge in [0.2, 0.25) is 0 Å². The second-order valence-electron chi connectivity index (χ2n) is 3.98. The minimum absolute atomic E-state index is 0.306. The van der Waals surface area contributed by atoms with Crippen LogP contribution >= 0.6 is 11.6 Å². The van der Waals surface area contributed by atoms with E-state index in [0.29, 0.717) is 11.1 Å². The predicted molar refractivity (Wildman–Crippen MR) is 70.9 cm³/mol. The van der Waals surface area contributed by atoms with Crippen molar-refractivity contribution in [1.29, 1.82) is 0 Å². The van der Waals surface area contributed by atoms with E-state index < -0.39 is 0 Å². The van der Waals surface area contributed by atoms with E-state index in [1.165, 1.54) is 5.56 Å². The van der Waals surface area contributed by atoms with Crippen molar-refractivity contribution >= 4 is 11.6 Å². The van der Waals surface area contributed by atoms with E-state index >= 15 is 0 Å². The average molecular weight is 247 g/mol. The van der Waals surface area contributed by atoms with E-state index in [9.17, 15) is 0 Å². The molecule has 0 fully saturated rings. The van der Waals surface area contributed by atoms with Gasteiger partial charge in [-0.3, -0.25) is 4.98 Å². The van der Waals surface area contributed by atoms with Gasteiger partial charge in [-0.1, -0.05) is 41.9 Å². The molecule has 1 unspecified atom stereocenters. The summed E-state index contributed by atoms with van der Waals surface area (Å²) < 4.78 is 0. The summed E-state index contributed by atoms with van der Waals surface area (Å²) >= 11 is 6.05. The van der Waals surface area contributed by atoms with Crippen molar-refractivity contribution in [2.24, 2.45) is 0 Å². The highest BCUT2D eigenvalue weighted by Gasteiger charge is 2.05. The first kappa shape index (κ1) is 12.1. The summed E-state index contributed by atoms with van der Waals surface area (Å²) in [6, 6.07) is 12.6. The van der Waals surface area contributed by atoms with Crippen LogP contribution in [0, 0.1) is 0 Å². The molecule has 0 aliphatic rings. The average Bonchev–Trinajstić information content (AvgIpc) is 2.38. The molecule has 0 amide bonds. The van der Waals surface area contributed by atoms with Crippen LogP contribution in [0.5, 0.6) is 0 Å². The van der Waals surface area contributed by atoms with Crippen LogP contribution in [0.15, 0.2) is 48.8 Å². The van der Waals surface area contributed by atoms with Crippen molar-refractivity contribution in [1.82, 2.24) is 10.3 Å². The van der Waals surface area contributed by atoms with Gasteiger partial charge in [0.1, 0.15) is 0 Å². The van der Waals surface area contributed by atoms with Crippen LogP contribution in [0.4, 0.5) is 0 Å². The molecule has 0 bridgehead atoms. The maximum Gasteiger partial charge on any atom is 0.0634 e. The van der Waals surface area contributed by atoms with Crippen LogP contribution in [0.25, 0.3) is 0 Å². The summed E-state index contributed by atoms with van der Waals surface area (Å²) in [6.45, 7) is 2.89. The van der Waals surface area contributed by atoms with Crippen LogP contribution in [0.2, 0.25) is 5.02 Å². The SMILES string of the molecule is CC(NCc1ccncc1Cl)c1ccccc1. The smallest absolute Gasteiger partial charge is 0.0634 e. The van der Waals surface area contributed by atoms with Gasteiger partial charge in [-0.05, 0) is 24.1 Å². The standard InChI is InChI=1S/C14H15ClN2/c1-11(12-5-3-2-4-6-12)17-9-13-7-8-16-10-14(13)15/h2-8,10-11,17H,9H2,1H3. The maximum atomic E-state index is 6.05. The second-order valence-corrected chi connectivity index (χ2v) is 4.39. The van der Waals surface area contributed by atoms with Crippen LogP contribution in [-0.4, -0.2) is 4.98 Å². The minimum atomic E-state index is 0.306. The Hall–Kier alpha value is -1.38. The van der Waals surface area contributed by atoms with E-state index in [4.69, 9.17) is 11.6 Å². The number of rotatable bonds is 4. The summed E-state index contributed by atoms with van der Waals surface area (Å²) in [5, 5.41) is 4.15. The fourth-order valence-electron chi connectivity index (χ4n) is 1.67. The molecule has 2 rings (SSSR count). The number of nitrogens with one attached hydrogen (secondary N) is 1. The van der Waals surface area contributed by atoms with Crippen molar-refractivity contribution in [2.75, 3.05) is 0 Å². The fourth-order valence-corrected chi connectivity index (χ4v) is 1.86. The Bertz CT molecular complexity index is 471. The van der Waals surface area contributed by atoms with E-state index in [1.54, 1.807) is 12.4 Å². The third-order valence-electron chi connectivity index (χ3n) is 2.75. The first-order chi connectivity index (χ1) is 8.27. The third-order valence-corrected chi connectivity index (χ3v) is 3.10. The quantitative estimate of drug-likeness (QED) is 0.892. The van der Waals surface area contributed by atoms with E-state index in [0.717, 1.165) is 12.1 Å². The monoisotopic (exact) mass is 246 g/mol. The van der Waals surface area contributed by atoms with Crippen molar-refractivity contribution in [3.63, 3.8) is 0 Å². The first-order valence-electron chi connectivity index (χ1n) is 5.64. The molecule has 1 heterocycles. The Labute approximate surface area is 107 Å². The summed E-state index contributed by atoms with van der Waals surface area (Å²) in [5.41, 5.74) is 2.35. The number of nitrogens with zero attached hydrogens (tertiary/aromatic N) is 1. The highest BCUT2D eigenvalue weighted by molar-refractivity contribution is 6.31. The lowest BCUT2D eigenvalue weighted by atomic mass is 10.1. The van der Waals surface area contributed by atoms with Crippen molar-refractivity contribution in [3.05, 3.63) is 64.9 Å². The highest BCUT2D eigenvalue weighted by atomic mass is 35.5. The molecule has 88 valence electrons. The van der Waals surface area contributed by atoms with E-state index in [1.807, 2.05) is 24.3 Å². The lowest BCUT2D eigenvalue weighted by Crippen LogP contribution is -2.18. The Balaban J connectivity index is 1.97. The number of benzene rings is 1. The van der Waals surface area contributed by atoms with Gasteiger partial charge in [-0.2, -0.15) is 0 Å². The van der Waals surface area contributed by atoms with Crippen LogP contribution in [-0.2, 0) is 6.54 Å². The van der Waals surface area contributed by atoms with Gasteiger partial charge in [0.05, 0.1) is 5.02 Å². The second kappa shape index (κ2) is 5.80. The minimum Gasteiger partial charge on any atom is -0.306 e. The van der Waals surface area contributed by atoms with Crippen LogP contribution in [0.1, 0.15) is 24.1 Å². The molecule has 0 spiro atoms. The highest BCUT2D eigenvalue weighted by Crippen LogP contribution is 2.16. The summed E-state index contributed by atoms with van der Waals surface area (Å²) in [5.74, 6) is 0. The molecule has 2 aromatic rings. The molecule has 0 aliphatic heterocycles. The molecule has 0 radical (unpaired) electrons. The zero-order valence-electron chi connectivity index (χ0n) is 9.73. The fraction of sp³-hybridized carbons (Fsp3) is 0.214. The number of pyridine rings is 1. The largest absolute Gasteiger partial charge is 0.306 e. The van der Waals surface area contributed by atoms with E-state index in [2.05, 4.69) is 29.4 Å². The van der Waals surface area contributed by atoms with Crippen molar-refractivity contribution in [3.8, 4) is 0 Å². The van der Waals surface area contributed by atoms with Crippen LogP contribution < -0.4 is 5.32 Å². The van der Waals surface area contributed by atoms with Gasteiger partial charge in [0.25, 0.3) is 0 Å². The zero-order chi connectivity index (χ0) is 12.1. The first-order valence-corrected chi connectivity index (χ1v) is 6.02. The summed E-state index contributed by atoms with van der Waals surface area (Å²) in [6.07, 6.45) is 3.43. The molecule has 17 heavy (non-hydrogen) atoms. The van der Waals surface area contributed by atoms with Crippen LogP contribution in [0.3, 0.4) is 0 Å². The Morgan fingerprint density at radius 1 is 1.24 bits per heavy atom. The van der Waals surface area contributed by atoms with Gasteiger partial charge >= 0.3 is 0 Å². The molecule has 1 aromatic carbocycles. The number of halogens is 1. The van der Waals surface area contributed by atoms with Gasteiger partial charge in [-0.25, -0.2) is 0 Å². The normalized spacial score (nSPS) is 12.4. The van der Waals surface area contributed by atoms with Crippen molar-refractivity contribution in [2.45, 2.75) is 19.5 Å². The molecule has 1 atom stereocenters. The van der Waals surface area contributed by atoms with Crippen molar-refractivity contribution < 1.29 is 0 Å². The molecule has 3 heteroatoms. The number of hydrogen-bond acceptors (Lipinski definition) is 2. The molecule has 2 nitrogen and oxygen atoms in total. The zero-order valence-corrected chi connectivity index (χ0v) is 10.5. The molecule has 0 aliphatic carbocycles. The summed E-state index contributed by atoms with van der Waals surface area (Å²) in [4.78, 5) is 3.97. The lowest BCUT2D eigenvalue weighted by Gasteiger charge is -2.14. The van der Waals surface area contributed by atoms with Gasteiger partial charge < -0.3 is 5.32 Å². The number of aromatic nitrogens is 1. The molecule has 0 saturated heterocycles. The van der Waals surface area contributed by atoms with Gasteiger partial charge in [-0.15, -0.1) is 0 Å². The maximum absolute atomic E-state index is 6.05. The molecule has 1 N–H and O–H groups in total. The summed E-state index contributed by atoms with van der Waals surface area (Å²) in [7, 11) is 0. The molecule has 0 saturated carbocycles. The van der Waals surface area contributed by atoms with E-state index in [-0.39, 0.29) is 0 Å². The Morgan fingerprint density at radius 3 is 2.71 bits per heavy atom. The third kappa shape index (κ3) is 3.29. The van der Waals surface area contributed by atoms with Gasteiger partial charge in [0.15, 0.2) is 0 Å².